The van der Waals surface area contributed by atoms with E-state index >= 15 is 0 Å². The minimum Gasteiger partial charge on any atom is -0.338 e. The number of carbonyl (C=O) groups excluding carboxylic acids is 2. The molecule has 2 aliphatic heterocycles. The third-order valence-corrected chi connectivity index (χ3v) is 6.34. The summed E-state index contributed by atoms with van der Waals surface area (Å²) in [5.74, 6) is -1.10. The number of benzene rings is 2. The Labute approximate surface area is 191 Å². The highest BCUT2D eigenvalue weighted by Gasteiger charge is 2.35. The predicted molar refractivity (Wildman–Crippen MR) is 127 cm³/mol. The molecular weight excluding hydrogens is 418 g/mol. The van der Waals surface area contributed by atoms with E-state index in [1.54, 1.807) is 0 Å². The molecule has 0 radical (unpaired) electrons. The van der Waals surface area contributed by atoms with Gasteiger partial charge in [-0.2, -0.15) is 4.98 Å². The van der Waals surface area contributed by atoms with Crippen molar-refractivity contribution in [2.45, 2.75) is 39.2 Å². The van der Waals surface area contributed by atoms with Crippen molar-refractivity contribution in [1.82, 2.24) is 9.97 Å². The summed E-state index contributed by atoms with van der Waals surface area (Å²) in [7, 11) is 0. The summed E-state index contributed by atoms with van der Waals surface area (Å²) in [6, 6.07) is 13.9. The Kier molecular flexibility index (Phi) is 5.20. The van der Waals surface area contributed by atoms with Crippen molar-refractivity contribution in [1.29, 1.82) is 0 Å². The standard InChI is InChI=1S/C25H25N5O3/c1-14-7-8-15(2)19(11-14)26-23(32)18-12-20(31)27-22-21(18)24(33)29-25(28-22)30-10-9-16-5-3-4-6-17(16)13-30/h3-8,11,18H,9-10,12-13H2,1-2H3,(H,26,32)(H2,27,28,29,31,33). The maximum atomic E-state index is 13.1. The normalized spacial score (nSPS) is 17.1. The topological polar surface area (TPSA) is 107 Å². The molecule has 1 unspecified atom stereocenters. The Balaban J connectivity index is 1.46. The maximum absolute atomic E-state index is 13.1. The van der Waals surface area contributed by atoms with E-state index in [1.807, 2.05) is 49.1 Å². The molecule has 33 heavy (non-hydrogen) atoms. The van der Waals surface area contributed by atoms with Crippen molar-refractivity contribution in [3.05, 3.63) is 80.6 Å². The number of H-pyrrole nitrogens is 1. The number of nitrogens with one attached hydrogen (secondary N) is 3. The average Bonchev–Trinajstić information content (AvgIpc) is 2.80. The predicted octanol–water partition coefficient (Wildman–Crippen LogP) is 3.01. The quantitative estimate of drug-likeness (QED) is 0.577. The van der Waals surface area contributed by atoms with E-state index in [2.05, 4.69) is 32.7 Å². The molecule has 2 aliphatic rings. The Hall–Kier alpha value is -3.94. The van der Waals surface area contributed by atoms with Gasteiger partial charge in [0.15, 0.2) is 0 Å². The molecule has 0 bridgehead atoms. The third-order valence-electron chi connectivity index (χ3n) is 6.34. The largest absolute Gasteiger partial charge is 0.338 e. The van der Waals surface area contributed by atoms with Gasteiger partial charge in [0.1, 0.15) is 5.82 Å². The van der Waals surface area contributed by atoms with Gasteiger partial charge in [-0.1, -0.05) is 36.4 Å². The van der Waals surface area contributed by atoms with Crippen LogP contribution in [-0.2, 0) is 22.6 Å². The van der Waals surface area contributed by atoms with Crippen LogP contribution in [0.15, 0.2) is 47.3 Å². The number of hydrogen-bond donors (Lipinski definition) is 3. The lowest BCUT2D eigenvalue weighted by molar-refractivity contribution is -0.123. The number of amides is 2. The molecule has 5 rings (SSSR count). The van der Waals surface area contributed by atoms with Crippen LogP contribution < -0.4 is 21.1 Å². The van der Waals surface area contributed by atoms with Crippen molar-refractivity contribution < 1.29 is 9.59 Å². The van der Waals surface area contributed by atoms with Crippen LogP contribution in [0.5, 0.6) is 0 Å². The van der Waals surface area contributed by atoms with Crippen LogP contribution in [-0.4, -0.2) is 28.3 Å². The number of carbonyl (C=O) groups is 2. The second-order valence-corrected chi connectivity index (χ2v) is 8.70. The van der Waals surface area contributed by atoms with Crippen LogP contribution in [0.25, 0.3) is 0 Å². The van der Waals surface area contributed by atoms with Crippen LogP contribution in [0.3, 0.4) is 0 Å². The zero-order valence-electron chi connectivity index (χ0n) is 18.6. The highest BCUT2D eigenvalue weighted by Crippen LogP contribution is 2.31. The number of aryl methyl sites for hydroxylation is 2. The van der Waals surface area contributed by atoms with Crippen LogP contribution in [0.1, 0.15) is 40.2 Å². The van der Waals surface area contributed by atoms with Gasteiger partial charge in [-0.3, -0.25) is 19.4 Å². The van der Waals surface area contributed by atoms with Gasteiger partial charge < -0.3 is 15.5 Å². The van der Waals surface area contributed by atoms with E-state index in [4.69, 9.17) is 0 Å². The number of aromatic nitrogens is 2. The van der Waals surface area contributed by atoms with Gasteiger partial charge in [0.2, 0.25) is 17.8 Å². The van der Waals surface area contributed by atoms with Crippen molar-refractivity contribution >= 4 is 29.3 Å². The Morgan fingerprint density at radius 3 is 2.73 bits per heavy atom. The smallest absolute Gasteiger partial charge is 0.258 e. The fourth-order valence-corrected chi connectivity index (χ4v) is 4.50. The highest BCUT2D eigenvalue weighted by molar-refractivity contribution is 6.04. The molecule has 1 aromatic heterocycles. The SMILES string of the molecule is Cc1ccc(C)c(NC(=O)C2CC(=O)Nc3nc(N4CCc5ccccc5C4)[nH]c(=O)c32)c1. The molecule has 3 N–H and O–H groups in total. The maximum Gasteiger partial charge on any atom is 0.258 e. The molecule has 8 nitrogen and oxygen atoms in total. The number of rotatable bonds is 3. The molecule has 168 valence electrons. The average molecular weight is 444 g/mol. The second-order valence-electron chi connectivity index (χ2n) is 8.70. The zero-order valence-corrected chi connectivity index (χ0v) is 18.6. The molecule has 2 amide bonds. The number of aromatic amines is 1. The number of anilines is 3. The van der Waals surface area contributed by atoms with Gasteiger partial charge in [0, 0.05) is 25.2 Å². The lowest BCUT2D eigenvalue weighted by Gasteiger charge is -2.30. The summed E-state index contributed by atoms with van der Waals surface area (Å²) in [4.78, 5) is 48.0. The van der Waals surface area contributed by atoms with E-state index < -0.39 is 17.4 Å². The summed E-state index contributed by atoms with van der Waals surface area (Å²) in [5, 5.41) is 5.58. The van der Waals surface area contributed by atoms with Crippen molar-refractivity contribution in [3.63, 3.8) is 0 Å². The first-order chi connectivity index (χ1) is 15.9. The van der Waals surface area contributed by atoms with E-state index in [1.165, 1.54) is 11.1 Å². The first-order valence-corrected chi connectivity index (χ1v) is 11.0. The lowest BCUT2D eigenvalue weighted by Crippen LogP contribution is -2.39. The summed E-state index contributed by atoms with van der Waals surface area (Å²) in [5.41, 5.74) is 4.82. The second kappa shape index (κ2) is 8.20. The van der Waals surface area contributed by atoms with Crippen LogP contribution in [0.2, 0.25) is 0 Å². The zero-order chi connectivity index (χ0) is 23.1. The fourth-order valence-electron chi connectivity index (χ4n) is 4.50. The van der Waals surface area contributed by atoms with Crippen LogP contribution in [0, 0.1) is 13.8 Å². The van der Waals surface area contributed by atoms with Crippen molar-refractivity contribution in [2.75, 3.05) is 22.1 Å². The lowest BCUT2D eigenvalue weighted by atomic mass is 9.92. The van der Waals surface area contributed by atoms with Gasteiger partial charge in [0.05, 0.1) is 11.5 Å². The molecule has 3 aromatic rings. The van der Waals surface area contributed by atoms with Gasteiger partial charge >= 0.3 is 0 Å². The summed E-state index contributed by atoms with van der Waals surface area (Å²) in [6.07, 6.45) is 0.731. The van der Waals surface area contributed by atoms with Gasteiger partial charge in [-0.15, -0.1) is 0 Å². The molecule has 0 spiro atoms. The van der Waals surface area contributed by atoms with Crippen LogP contribution >= 0.6 is 0 Å². The minimum atomic E-state index is -0.916. The van der Waals surface area contributed by atoms with E-state index in [-0.39, 0.29) is 23.7 Å². The Morgan fingerprint density at radius 2 is 1.91 bits per heavy atom. The van der Waals surface area contributed by atoms with E-state index in [9.17, 15) is 14.4 Å². The number of fused-ring (bicyclic) bond motifs is 2. The molecule has 0 saturated carbocycles. The van der Waals surface area contributed by atoms with Crippen molar-refractivity contribution in [2.24, 2.45) is 0 Å². The molecule has 3 heterocycles. The molecule has 0 aliphatic carbocycles. The molecule has 1 atom stereocenters. The van der Waals surface area contributed by atoms with Gasteiger partial charge in [-0.05, 0) is 48.6 Å². The molecular formula is C25H25N5O3. The van der Waals surface area contributed by atoms with Gasteiger partial charge in [0.25, 0.3) is 5.56 Å². The highest BCUT2D eigenvalue weighted by atomic mass is 16.2. The summed E-state index contributed by atoms with van der Waals surface area (Å²) >= 11 is 0. The first kappa shape index (κ1) is 20.9. The van der Waals surface area contributed by atoms with E-state index in [0.717, 1.165) is 17.5 Å². The third kappa shape index (κ3) is 4.00. The summed E-state index contributed by atoms with van der Waals surface area (Å²) < 4.78 is 0. The first-order valence-electron chi connectivity index (χ1n) is 11.0. The fraction of sp³-hybridized carbons (Fsp3) is 0.280. The number of hydrogen-bond acceptors (Lipinski definition) is 5. The molecule has 2 aromatic carbocycles. The molecule has 8 heteroatoms. The minimum absolute atomic E-state index is 0.106. The van der Waals surface area contributed by atoms with Crippen LogP contribution in [0.4, 0.5) is 17.5 Å². The number of nitrogens with zero attached hydrogens (tertiary/aromatic N) is 2. The van der Waals surface area contributed by atoms with Gasteiger partial charge in [-0.25, -0.2) is 0 Å². The monoisotopic (exact) mass is 443 g/mol. The Morgan fingerprint density at radius 1 is 1.12 bits per heavy atom. The Bertz CT molecular complexity index is 1330. The molecule has 0 saturated heterocycles. The van der Waals surface area contributed by atoms with E-state index in [0.29, 0.717) is 24.7 Å². The van der Waals surface area contributed by atoms with Crippen molar-refractivity contribution in [3.8, 4) is 0 Å². The molecule has 0 fully saturated rings. The summed E-state index contributed by atoms with van der Waals surface area (Å²) in [6.45, 7) is 5.15.